The molecule has 0 radical (unpaired) electrons. The van der Waals surface area contributed by atoms with Gasteiger partial charge in [0.05, 0.1) is 36.6 Å². The van der Waals surface area contributed by atoms with Crippen LogP contribution in [0.2, 0.25) is 0 Å². The van der Waals surface area contributed by atoms with Crippen LogP contribution in [0.25, 0.3) is 5.52 Å². The number of halogens is 1. The van der Waals surface area contributed by atoms with Gasteiger partial charge in [-0.3, -0.25) is 9.05 Å². The van der Waals surface area contributed by atoms with Crippen molar-refractivity contribution >= 4 is 19.2 Å². The molecule has 0 spiro atoms. The van der Waals surface area contributed by atoms with Gasteiger partial charge in [-0.15, -0.1) is 0 Å². The first-order chi connectivity index (χ1) is 26.2. The number of unbranched alkanes of at least 4 members (excludes halogenated alkanes) is 15. The van der Waals surface area contributed by atoms with Gasteiger partial charge in [0.2, 0.25) is 0 Å². The van der Waals surface area contributed by atoms with Gasteiger partial charge >= 0.3 is 7.82 Å². The fraction of sp³-hybridized carbons (Fsp3) is 0.650. The zero-order valence-corrected chi connectivity index (χ0v) is 32.7. The van der Waals surface area contributed by atoms with Gasteiger partial charge in [0.15, 0.2) is 11.4 Å². The minimum absolute atomic E-state index is 0.00628. The molecule has 4 atom stereocenters. The SMILES string of the molecule is CCCCCCCCCCCCCCCCCC[C@@H](COP(=O)(O)OC[C@]1(C#N)CC[C@H](c2ccc3c(N)ncnn23)O1)OCc1cc(F)cc(C#N)c1. The molecule has 14 heteroatoms. The van der Waals surface area contributed by atoms with E-state index in [1.807, 2.05) is 6.07 Å². The maximum Gasteiger partial charge on any atom is 0.472 e. The number of phosphoric acid groups is 1. The van der Waals surface area contributed by atoms with Crippen LogP contribution in [0.15, 0.2) is 36.7 Å². The highest BCUT2D eigenvalue weighted by Crippen LogP contribution is 2.47. The maximum atomic E-state index is 14.1. The molecule has 3 heterocycles. The van der Waals surface area contributed by atoms with E-state index in [-0.39, 0.29) is 25.2 Å². The predicted octanol–water partition coefficient (Wildman–Crippen LogP) is 9.81. The van der Waals surface area contributed by atoms with Gasteiger partial charge in [-0.05, 0) is 55.2 Å². The summed E-state index contributed by atoms with van der Waals surface area (Å²) in [6.07, 6.45) is 21.4. The zero-order valence-electron chi connectivity index (χ0n) is 31.8. The Hall–Kier alpha value is -3.42. The molecule has 2 aromatic heterocycles. The zero-order chi connectivity index (χ0) is 38.7. The maximum absolute atomic E-state index is 14.1. The summed E-state index contributed by atoms with van der Waals surface area (Å²) in [4.78, 5) is 14.6. The predicted molar refractivity (Wildman–Crippen MR) is 204 cm³/mol. The lowest BCUT2D eigenvalue weighted by Crippen LogP contribution is -2.32. The topological polar surface area (TPSA) is 178 Å². The molecule has 0 aliphatic carbocycles. The lowest BCUT2D eigenvalue weighted by atomic mass is 10.0. The number of fused-ring (bicyclic) bond motifs is 1. The van der Waals surface area contributed by atoms with Crippen molar-refractivity contribution in [2.75, 3.05) is 18.9 Å². The Labute approximate surface area is 319 Å². The second-order valence-corrected chi connectivity index (χ2v) is 15.9. The van der Waals surface area contributed by atoms with E-state index < -0.39 is 38.1 Å². The molecule has 1 fully saturated rings. The van der Waals surface area contributed by atoms with Crippen LogP contribution in [-0.4, -0.2) is 44.4 Å². The third-order valence-corrected chi connectivity index (χ3v) is 11.0. The first-order valence-electron chi connectivity index (χ1n) is 19.8. The van der Waals surface area contributed by atoms with E-state index in [4.69, 9.17) is 24.3 Å². The molecule has 0 saturated carbocycles. The lowest BCUT2D eigenvalue weighted by Gasteiger charge is -2.24. The molecule has 1 unspecified atom stereocenters. The normalized spacial score (nSPS) is 18.7. The monoisotopic (exact) mass is 768 g/mol. The summed E-state index contributed by atoms with van der Waals surface area (Å²) in [6, 6.07) is 11.6. The first kappa shape index (κ1) is 43.3. The number of nitrogen functional groups attached to an aromatic ring is 1. The van der Waals surface area contributed by atoms with Gasteiger partial charge in [0.1, 0.15) is 36.4 Å². The molecule has 3 aromatic rings. The molecule has 296 valence electrons. The van der Waals surface area contributed by atoms with Crippen LogP contribution in [-0.2, 0) is 29.7 Å². The highest BCUT2D eigenvalue weighted by molar-refractivity contribution is 7.47. The molecule has 1 saturated heterocycles. The molecule has 1 aliphatic heterocycles. The summed E-state index contributed by atoms with van der Waals surface area (Å²) in [6.45, 7) is 1.50. The van der Waals surface area contributed by atoms with Crippen molar-refractivity contribution in [2.24, 2.45) is 0 Å². The van der Waals surface area contributed by atoms with E-state index in [1.165, 1.54) is 89.4 Å². The van der Waals surface area contributed by atoms with Crippen LogP contribution in [0.1, 0.15) is 152 Å². The molecular formula is C40H58FN6O6P. The average Bonchev–Trinajstić information content (AvgIpc) is 3.80. The van der Waals surface area contributed by atoms with Crippen LogP contribution in [0.3, 0.4) is 0 Å². The Kier molecular flexibility index (Phi) is 18.3. The number of rotatable bonds is 27. The van der Waals surface area contributed by atoms with E-state index in [0.29, 0.717) is 35.4 Å². The first-order valence-corrected chi connectivity index (χ1v) is 21.3. The second kappa shape index (κ2) is 22.8. The number of nitrogens with two attached hydrogens (primary N) is 1. The summed E-state index contributed by atoms with van der Waals surface area (Å²) >= 11 is 0. The number of anilines is 1. The summed E-state index contributed by atoms with van der Waals surface area (Å²) in [7, 11) is -4.63. The van der Waals surface area contributed by atoms with Gasteiger partial charge in [-0.2, -0.15) is 15.6 Å². The third kappa shape index (κ3) is 14.3. The minimum atomic E-state index is -4.63. The van der Waals surface area contributed by atoms with E-state index in [9.17, 15) is 24.4 Å². The number of ether oxygens (including phenoxy) is 2. The number of hydrogen-bond donors (Lipinski definition) is 2. The standard InChI is InChI=1S/C40H58FN6O6P/c1-2-3-4-5-6-7-8-9-10-11-12-13-14-15-16-17-18-35(50-27-33-23-32(26-42)24-34(41)25-33)28-51-54(48,49)52-30-40(29-43)22-21-38(53-40)36-19-20-37-39(44)45-31-46-47(36)37/h19-20,23-25,31,35,38H,2-18,21-22,27-28,30H2,1H3,(H,48,49)(H2,44,45,46)/t35-,38+,40+/m0/s1. The van der Waals surface area contributed by atoms with Crippen molar-refractivity contribution in [1.82, 2.24) is 14.6 Å². The molecule has 4 rings (SSSR count). The number of hydrogen-bond acceptors (Lipinski definition) is 10. The Bertz CT molecular complexity index is 1710. The molecular weight excluding hydrogens is 710 g/mol. The molecule has 3 N–H and O–H groups in total. The fourth-order valence-electron chi connectivity index (χ4n) is 6.95. The largest absolute Gasteiger partial charge is 0.472 e. The van der Waals surface area contributed by atoms with Gasteiger partial charge in [0.25, 0.3) is 0 Å². The molecule has 0 amide bonds. The third-order valence-electron chi connectivity index (χ3n) is 10.1. The number of phosphoric ester groups is 1. The number of benzene rings is 1. The summed E-state index contributed by atoms with van der Waals surface area (Å²) in [5.74, 6) is -0.237. The summed E-state index contributed by atoms with van der Waals surface area (Å²) < 4.78 is 51.5. The minimum Gasteiger partial charge on any atom is -0.382 e. The summed E-state index contributed by atoms with van der Waals surface area (Å²) in [5.41, 5.74) is 6.41. The quantitative estimate of drug-likeness (QED) is 0.0557. The van der Waals surface area contributed by atoms with Crippen molar-refractivity contribution < 1.29 is 32.4 Å². The van der Waals surface area contributed by atoms with Crippen LogP contribution >= 0.6 is 7.82 Å². The van der Waals surface area contributed by atoms with Crippen molar-refractivity contribution in [3.05, 3.63) is 59.3 Å². The van der Waals surface area contributed by atoms with E-state index in [0.717, 1.165) is 31.7 Å². The molecule has 12 nitrogen and oxygen atoms in total. The molecule has 0 bridgehead atoms. The van der Waals surface area contributed by atoms with E-state index >= 15 is 0 Å². The molecule has 1 aliphatic rings. The average molecular weight is 769 g/mol. The highest BCUT2D eigenvalue weighted by atomic mass is 31.2. The Morgan fingerprint density at radius 1 is 1.00 bits per heavy atom. The number of nitriles is 2. The van der Waals surface area contributed by atoms with Crippen LogP contribution in [0.4, 0.5) is 10.2 Å². The van der Waals surface area contributed by atoms with E-state index in [2.05, 4.69) is 23.1 Å². The van der Waals surface area contributed by atoms with Crippen molar-refractivity contribution in [2.45, 2.75) is 153 Å². The Morgan fingerprint density at radius 2 is 1.65 bits per heavy atom. The van der Waals surface area contributed by atoms with Crippen molar-refractivity contribution in [3.63, 3.8) is 0 Å². The second-order valence-electron chi connectivity index (χ2n) is 14.5. The Balaban J connectivity index is 1.20. The van der Waals surface area contributed by atoms with Gasteiger partial charge in [-0.25, -0.2) is 18.5 Å². The van der Waals surface area contributed by atoms with Crippen molar-refractivity contribution in [1.29, 1.82) is 10.5 Å². The van der Waals surface area contributed by atoms with Crippen LogP contribution < -0.4 is 5.73 Å². The van der Waals surface area contributed by atoms with Gasteiger partial charge in [0, 0.05) is 0 Å². The molecule has 1 aromatic carbocycles. The van der Waals surface area contributed by atoms with Gasteiger partial charge < -0.3 is 20.1 Å². The van der Waals surface area contributed by atoms with Crippen LogP contribution in [0.5, 0.6) is 0 Å². The Morgan fingerprint density at radius 3 is 2.28 bits per heavy atom. The highest BCUT2D eigenvalue weighted by Gasteiger charge is 2.44. The van der Waals surface area contributed by atoms with E-state index in [1.54, 1.807) is 22.7 Å². The molecule has 54 heavy (non-hydrogen) atoms. The smallest absolute Gasteiger partial charge is 0.382 e. The van der Waals surface area contributed by atoms with Crippen LogP contribution in [0, 0.1) is 28.5 Å². The number of aromatic nitrogens is 3. The number of nitrogens with zero attached hydrogens (tertiary/aromatic N) is 5. The van der Waals surface area contributed by atoms with Crippen molar-refractivity contribution in [3.8, 4) is 12.1 Å². The lowest BCUT2D eigenvalue weighted by molar-refractivity contribution is -0.0449. The summed E-state index contributed by atoms with van der Waals surface area (Å²) in [5, 5.41) is 23.5. The fourth-order valence-corrected chi connectivity index (χ4v) is 7.75. The van der Waals surface area contributed by atoms with Gasteiger partial charge in [-0.1, -0.05) is 110 Å².